The molecular formula is C11H12N4O2. The molecule has 0 saturated carbocycles. The quantitative estimate of drug-likeness (QED) is 0.817. The molecule has 1 aliphatic rings. The summed E-state index contributed by atoms with van der Waals surface area (Å²) in [5.41, 5.74) is 6.47. The zero-order valence-corrected chi connectivity index (χ0v) is 9.09. The second-order valence-electron chi connectivity index (χ2n) is 3.82. The van der Waals surface area contributed by atoms with Crippen LogP contribution in [0, 0.1) is 0 Å². The third-order valence-electron chi connectivity index (χ3n) is 2.70. The maximum Gasteiger partial charge on any atom is 0.317 e. The van der Waals surface area contributed by atoms with E-state index in [1.807, 2.05) is 24.3 Å². The molecule has 1 atom stereocenters. The van der Waals surface area contributed by atoms with E-state index in [0.717, 1.165) is 17.7 Å². The fraction of sp³-hybridized carbons (Fsp3) is 0.273. The summed E-state index contributed by atoms with van der Waals surface area (Å²) in [6.07, 6.45) is 0.847. The van der Waals surface area contributed by atoms with Gasteiger partial charge < -0.3 is 20.2 Å². The first-order chi connectivity index (χ1) is 8.33. The van der Waals surface area contributed by atoms with E-state index in [-0.39, 0.29) is 12.1 Å². The molecule has 3 rings (SSSR count). The summed E-state index contributed by atoms with van der Waals surface area (Å²) in [5, 5.41) is 10.6. The Morgan fingerprint density at radius 3 is 3.00 bits per heavy atom. The molecule has 0 saturated heterocycles. The fourth-order valence-electron chi connectivity index (χ4n) is 1.93. The fourth-order valence-corrected chi connectivity index (χ4v) is 1.93. The lowest BCUT2D eigenvalue weighted by Crippen LogP contribution is -2.20. The van der Waals surface area contributed by atoms with Gasteiger partial charge in [0.25, 0.3) is 0 Å². The molecule has 1 aromatic heterocycles. The lowest BCUT2D eigenvalue weighted by molar-refractivity contribution is 0.273. The Balaban J connectivity index is 1.85. The normalized spacial score (nSPS) is 18.2. The van der Waals surface area contributed by atoms with Crippen molar-refractivity contribution in [3.63, 3.8) is 0 Å². The van der Waals surface area contributed by atoms with E-state index in [2.05, 4.69) is 15.5 Å². The molecule has 2 aromatic rings. The number of rotatable bonds is 2. The molecule has 1 unspecified atom stereocenters. The summed E-state index contributed by atoms with van der Waals surface area (Å²) in [7, 11) is 0. The number of fused-ring (bicyclic) bond motifs is 1. The monoisotopic (exact) mass is 232 g/mol. The zero-order chi connectivity index (χ0) is 11.7. The molecule has 17 heavy (non-hydrogen) atoms. The summed E-state index contributed by atoms with van der Waals surface area (Å²) in [4.78, 5) is 0. The first-order valence-corrected chi connectivity index (χ1v) is 5.40. The van der Waals surface area contributed by atoms with Gasteiger partial charge in [0.1, 0.15) is 5.75 Å². The predicted octanol–water partition coefficient (Wildman–Crippen LogP) is 1.59. The van der Waals surface area contributed by atoms with Gasteiger partial charge in [0.15, 0.2) is 0 Å². The van der Waals surface area contributed by atoms with E-state index in [0.29, 0.717) is 12.6 Å². The molecule has 88 valence electrons. The second-order valence-corrected chi connectivity index (χ2v) is 3.82. The van der Waals surface area contributed by atoms with Crippen molar-refractivity contribution in [1.29, 1.82) is 0 Å². The van der Waals surface area contributed by atoms with Crippen molar-refractivity contribution in [2.75, 3.05) is 17.7 Å². The summed E-state index contributed by atoms with van der Waals surface area (Å²) >= 11 is 0. The van der Waals surface area contributed by atoms with E-state index in [4.69, 9.17) is 14.9 Å². The van der Waals surface area contributed by atoms with Gasteiger partial charge in [0.2, 0.25) is 0 Å². The van der Waals surface area contributed by atoms with Crippen LogP contribution in [-0.4, -0.2) is 16.8 Å². The van der Waals surface area contributed by atoms with Crippen molar-refractivity contribution >= 4 is 12.0 Å². The molecule has 0 aliphatic carbocycles. The second kappa shape index (κ2) is 3.97. The van der Waals surface area contributed by atoms with Crippen molar-refractivity contribution in [2.45, 2.75) is 12.5 Å². The third kappa shape index (κ3) is 1.89. The van der Waals surface area contributed by atoms with Crippen LogP contribution in [0.3, 0.4) is 0 Å². The lowest BCUT2D eigenvalue weighted by atomic mass is 10.0. The largest absolute Gasteiger partial charge is 0.493 e. The van der Waals surface area contributed by atoms with Crippen LogP contribution in [0.15, 0.2) is 28.7 Å². The number of nitrogen functional groups attached to an aromatic ring is 1. The molecule has 6 nitrogen and oxygen atoms in total. The molecule has 0 spiro atoms. The first-order valence-electron chi connectivity index (χ1n) is 5.40. The van der Waals surface area contributed by atoms with E-state index in [1.165, 1.54) is 0 Å². The van der Waals surface area contributed by atoms with Crippen LogP contribution in [0.5, 0.6) is 5.75 Å². The maximum atomic E-state index is 5.57. The van der Waals surface area contributed by atoms with Gasteiger partial charge in [-0.05, 0) is 6.07 Å². The SMILES string of the molecule is Nc1nnc(NC2CCOc3ccccc32)o1. The molecule has 6 heteroatoms. The van der Waals surface area contributed by atoms with Crippen molar-refractivity contribution in [3.8, 4) is 5.75 Å². The Labute approximate surface area is 97.8 Å². The smallest absolute Gasteiger partial charge is 0.317 e. The Morgan fingerprint density at radius 2 is 2.18 bits per heavy atom. The van der Waals surface area contributed by atoms with E-state index in [1.54, 1.807) is 0 Å². The van der Waals surface area contributed by atoms with Gasteiger partial charge in [-0.15, -0.1) is 0 Å². The number of anilines is 2. The molecule has 2 heterocycles. The Morgan fingerprint density at radius 1 is 1.29 bits per heavy atom. The number of benzene rings is 1. The minimum Gasteiger partial charge on any atom is -0.493 e. The summed E-state index contributed by atoms with van der Waals surface area (Å²) < 4.78 is 10.7. The minimum absolute atomic E-state index is 0.0628. The zero-order valence-electron chi connectivity index (χ0n) is 9.09. The Bertz CT molecular complexity index is 526. The van der Waals surface area contributed by atoms with Crippen LogP contribution in [0.1, 0.15) is 18.0 Å². The van der Waals surface area contributed by atoms with Crippen molar-refractivity contribution in [1.82, 2.24) is 10.2 Å². The van der Waals surface area contributed by atoms with E-state index >= 15 is 0 Å². The number of hydrogen-bond donors (Lipinski definition) is 2. The van der Waals surface area contributed by atoms with Crippen molar-refractivity contribution in [2.24, 2.45) is 0 Å². The average Bonchev–Trinajstić information content (AvgIpc) is 2.75. The summed E-state index contributed by atoms with van der Waals surface area (Å²) in [5.74, 6) is 0.892. The highest BCUT2D eigenvalue weighted by atomic mass is 16.5. The Hall–Kier alpha value is -2.24. The van der Waals surface area contributed by atoms with Gasteiger partial charge in [-0.25, -0.2) is 0 Å². The van der Waals surface area contributed by atoms with Crippen LogP contribution < -0.4 is 15.8 Å². The average molecular weight is 232 g/mol. The third-order valence-corrected chi connectivity index (χ3v) is 2.70. The van der Waals surface area contributed by atoms with Gasteiger partial charge in [0, 0.05) is 12.0 Å². The molecule has 3 N–H and O–H groups in total. The van der Waals surface area contributed by atoms with Crippen LogP contribution >= 0.6 is 0 Å². The topological polar surface area (TPSA) is 86.2 Å². The minimum atomic E-state index is 0.0628. The van der Waals surface area contributed by atoms with Gasteiger partial charge in [0.05, 0.1) is 12.6 Å². The number of aromatic nitrogens is 2. The highest BCUT2D eigenvalue weighted by Crippen LogP contribution is 2.33. The molecule has 0 fully saturated rings. The van der Waals surface area contributed by atoms with Crippen molar-refractivity contribution < 1.29 is 9.15 Å². The van der Waals surface area contributed by atoms with E-state index in [9.17, 15) is 0 Å². The molecule has 1 aliphatic heterocycles. The molecule has 0 radical (unpaired) electrons. The highest BCUT2D eigenvalue weighted by Gasteiger charge is 2.22. The van der Waals surface area contributed by atoms with Crippen LogP contribution in [0.4, 0.5) is 12.0 Å². The van der Waals surface area contributed by atoms with Gasteiger partial charge in [-0.1, -0.05) is 28.4 Å². The molecular weight excluding hydrogens is 220 g/mol. The standard InChI is InChI=1S/C11H12N4O2/c12-10-14-15-11(17-10)13-8-5-6-16-9-4-2-1-3-7(8)9/h1-4,8H,5-6H2,(H2,12,14)(H,13,15). The number of nitrogens with zero attached hydrogens (tertiary/aromatic N) is 2. The van der Waals surface area contributed by atoms with Crippen LogP contribution in [0.25, 0.3) is 0 Å². The number of hydrogen-bond acceptors (Lipinski definition) is 6. The molecule has 0 bridgehead atoms. The van der Waals surface area contributed by atoms with Crippen molar-refractivity contribution in [3.05, 3.63) is 29.8 Å². The lowest BCUT2D eigenvalue weighted by Gasteiger charge is -2.25. The van der Waals surface area contributed by atoms with Crippen LogP contribution in [0.2, 0.25) is 0 Å². The van der Waals surface area contributed by atoms with E-state index < -0.39 is 0 Å². The maximum absolute atomic E-state index is 5.57. The predicted molar refractivity (Wildman–Crippen MR) is 61.6 cm³/mol. The van der Waals surface area contributed by atoms with Gasteiger partial charge in [-0.3, -0.25) is 0 Å². The molecule has 1 aromatic carbocycles. The first kappa shape index (κ1) is 9.95. The summed E-state index contributed by atoms with van der Waals surface area (Å²) in [6.45, 7) is 0.665. The summed E-state index contributed by atoms with van der Waals surface area (Å²) in [6, 6.07) is 8.41. The van der Waals surface area contributed by atoms with Crippen LogP contribution in [-0.2, 0) is 0 Å². The highest BCUT2D eigenvalue weighted by molar-refractivity contribution is 5.41. The van der Waals surface area contributed by atoms with Gasteiger partial charge >= 0.3 is 12.0 Å². The Kier molecular flexibility index (Phi) is 2.32. The molecule has 0 amide bonds. The number of nitrogens with two attached hydrogens (primary N) is 1. The number of nitrogens with one attached hydrogen (secondary N) is 1. The number of ether oxygens (including phenoxy) is 1. The van der Waals surface area contributed by atoms with Gasteiger partial charge in [-0.2, -0.15) is 0 Å². The number of para-hydroxylation sites is 1.